The Morgan fingerprint density at radius 1 is 1.17 bits per heavy atom. The maximum atomic E-state index is 14.0. The van der Waals surface area contributed by atoms with Gasteiger partial charge in [-0.3, -0.25) is 9.59 Å². The Balaban J connectivity index is 1.65. The van der Waals surface area contributed by atoms with Crippen molar-refractivity contribution in [3.8, 4) is 0 Å². The van der Waals surface area contributed by atoms with Crippen LogP contribution in [0.5, 0.6) is 0 Å². The molecule has 0 saturated carbocycles. The smallest absolute Gasteiger partial charge is 0.254 e. The molecule has 0 N–H and O–H groups in total. The lowest BCUT2D eigenvalue weighted by Gasteiger charge is -2.30. The molecule has 3 atom stereocenters. The number of rotatable bonds is 5. The van der Waals surface area contributed by atoms with Crippen LogP contribution in [0.4, 0.5) is 4.39 Å². The zero-order valence-electron chi connectivity index (χ0n) is 17.1. The molecule has 154 valence electrons. The van der Waals surface area contributed by atoms with E-state index in [4.69, 9.17) is 0 Å². The average Bonchev–Trinajstić information content (AvgIpc) is 3.25. The van der Waals surface area contributed by atoms with E-state index in [1.807, 2.05) is 11.0 Å². The molecule has 1 aromatic carbocycles. The third-order valence-corrected chi connectivity index (χ3v) is 6.37. The van der Waals surface area contributed by atoms with Crippen LogP contribution in [-0.4, -0.2) is 46.5 Å². The lowest BCUT2D eigenvalue weighted by molar-refractivity contribution is 0.0700. The van der Waals surface area contributed by atoms with Crippen molar-refractivity contribution >= 4 is 5.91 Å². The minimum Gasteiger partial charge on any atom is -0.331 e. The van der Waals surface area contributed by atoms with Crippen molar-refractivity contribution in [1.82, 2.24) is 14.4 Å². The summed E-state index contributed by atoms with van der Waals surface area (Å²) in [6.07, 6.45) is 3.95. The summed E-state index contributed by atoms with van der Waals surface area (Å²) in [6.45, 7) is 5.80. The number of aryl methyl sites for hydroxylation is 1. The third kappa shape index (κ3) is 3.86. The SMILES string of the molecule is CCCCN1C[C@H]2CN(C(=O)c3ccn(C)c(=O)c3)[C@@H](c3cccc(F)c3)[C@H]2C1. The highest BCUT2D eigenvalue weighted by molar-refractivity contribution is 5.94. The summed E-state index contributed by atoms with van der Waals surface area (Å²) in [6, 6.07) is 9.52. The standard InChI is InChI=1S/C23H28FN3O2/c1-3-4-9-26-13-18-14-27(23(29)17-8-10-25(2)21(28)12-17)22(20(18)15-26)16-6-5-7-19(24)11-16/h5-8,10-12,18,20,22H,3-4,9,13-15H2,1-2H3/t18-,20-,22-/m0/s1. The molecule has 0 bridgehead atoms. The first kappa shape index (κ1) is 19.8. The van der Waals surface area contributed by atoms with E-state index in [0.29, 0.717) is 18.0 Å². The molecule has 29 heavy (non-hydrogen) atoms. The van der Waals surface area contributed by atoms with Gasteiger partial charge < -0.3 is 14.4 Å². The number of fused-ring (bicyclic) bond motifs is 1. The van der Waals surface area contributed by atoms with Crippen molar-refractivity contribution in [2.75, 3.05) is 26.2 Å². The lowest BCUT2D eigenvalue weighted by atomic mass is 9.89. The molecule has 2 fully saturated rings. The fourth-order valence-corrected chi connectivity index (χ4v) is 4.88. The van der Waals surface area contributed by atoms with Gasteiger partial charge in [0.05, 0.1) is 6.04 Å². The number of benzene rings is 1. The maximum absolute atomic E-state index is 14.0. The van der Waals surface area contributed by atoms with E-state index >= 15 is 0 Å². The normalized spacial score (nSPS) is 24.1. The number of carbonyl (C=O) groups excluding carboxylic acids is 1. The Kier molecular flexibility index (Phi) is 5.54. The van der Waals surface area contributed by atoms with Crippen molar-refractivity contribution in [2.45, 2.75) is 25.8 Å². The Morgan fingerprint density at radius 3 is 2.72 bits per heavy atom. The summed E-state index contributed by atoms with van der Waals surface area (Å²) in [4.78, 5) is 29.7. The molecule has 1 amide bonds. The number of nitrogens with zero attached hydrogens (tertiary/aromatic N) is 3. The first-order valence-electron chi connectivity index (χ1n) is 10.4. The van der Waals surface area contributed by atoms with Crippen molar-refractivity contribution in [3.63, 3.8) is 0 Å². The van der Waals surface area contributed by atoms with Gasteiger partial charge in [-0.1, -0.05) is 25.5 Å². The predicted molar refractivity (Wildman–Crippen MR) is 110 cm³/mol. The maximum Gasteiger partial charge on any atom is 0.254 e. The molecule has 2 saturated heterocycles. The summed E-state index contributed by atoms with van der Waals surface area (Å²) in [5.41, 5.74) is 1.03. The van der Waals surface area contributed by atoms with E-state index in [1.165, 1.54) is 23.1 Å². The topological polar surface area (TPSA) is 45.5 Å². The van der Waals surface area contributed by atoms with Gasteiger partial charge in [-0.25, -0.2) is 4.39 Å². The molecule has 1 aromatic heterocycles. The Hall–Kier alpha value is -2.47. The minimum absolute atomic E-state index is 0.147. The number of carbonyl (C=O) groups is 1. The second-order valence-corrected chi connectivity index (χ2v) is 8.36. The van der Waals surface area contributed by atoms with Gasteiger partial charge in [0, 0.05) is 50.4 Å². The molecule has 4 rings (SSSR count). The molecule has 3 heterocycles. The van der Waals surface area contributed by atoms with Gasteiger partial charge in [0.15, 0.2) is 0 Å². The summed E-state index contributed by atoms with van der Waals surface area (Å²) in [5, 5.41) is 0. The van der Waals surface area contributed by atoms with Crippen LogP contribution in [-0.2, 0) is 7.05 Å². The molecule has 0 aliphatic carbocycles. The van der Waals surface area contributed by atoms with Gasteiger partial charge in [0.1, 0.15) is 5.82 Å². The minimum atomic E-state index is -0.284. The zero-order valence-corrected chi connectivity index (χ0v) is 17.1. The van der Waals surface area contributed by atoms with Crippen molar-refractivity contribution in [1.29, 1.82) is 0 Å². The summed E-state index contributed by atoms with van der Waals surface area (Å²) in [7, 11) is 1.66. The van der Waals surface area contributed by atoms with Gasteiger partial charge >= 0.3 is 0 Å². The zero-order chi connectivity index (χ0) is 20.5. The fourth-order valence-electron chi connectivity index (χ4n) is 4.88. The molecular formula is C23H28FN3O2. The fraction of sp³-hybridized carbons (Fsp3) is 0.478. The van der Waals surface area contributed by atoms with E-state index in [2.05, 4.69) is 11.8 Å². The highest BCUT2D eigenvalue weighted by atomic mass is 19.1. The van der Waals surface area contributed by atoms with Crippen molar-refractivity contribution in [2.24, 2.45) is 18.9 Å². The van der Waals surface area contributed by atoms with E-state index in [9.17, 15) is 14.0 Å². The average molecular weight is 397 g/mol. The van der Waals surface area contributed by atoms with E-state index in [0.717, 1.165) is 31.6 Å². The first-order chi connectivity index (χ1) is 14.0. The van der Waals surface area contributed by atoms with Gasteiger partial charge in [0.25, 0.3) is 11.5 Å². The molecular weight excluding hydrogens is 369 g/mol. The Bertz CT molecular complexity index is 957. The van der Waals surface area contributed by atoms with Crippen molar-refractivity contribution < 1.29 is 9.18 Å². The van der Waals surface area contributed by atoms with Crippen LogP contribution in [0.15, 0.2) is 47.4 Å². The van der Waals surface area contributed by atoms with Crippen LogP contribution < -0.4 is 5.56 Å². The quantitative estimate of drug-likeness (QED) is 0.779. The van der Waals surface area contributed by atoms with E-state index in [1.54, 1.807) is 31.4 Å². The number of hydrogen-bond acceptors (Lipinski definition) is 3. The second kappa shape index (κ2) is 8.11. The second-order valence-electron chi connectivity index (χ2n) is 8.36. The number of aromatic nitrogens is 1. The summed E-state index contributed by atoms with van der Waals surface area (Å²) in [5.74, 6) is 0.221. The molecule has 5 nitrogen and oxygen atoms in total. The predicted octanol–water partition coefficient (Wildman–Crippen LogP) is 3.07. The van der Waals surface area contributed by atoms with E-state index in [-0.39, 0.29) is 29.2 Å². The van der Waals surface area contributed by atoms with Crippen LogP contribution in [0.25, 0.3) is 0 Å². The van der Waals surface area contributed by atoms with E-state index < -0.39 is 0 Å². The van der Waals surface area contributed by atoms with Gasteiger partial charge in [0.2, 0.25) is 0 Å². The highest BCUT2D eigenvalue weighted by Crippen LogP contribution is 2.45. The number of likely N-dealkylation sites (tertiary alicyclic amines) is 2. The number of pyridine rings is 1. The monoisotopic (exact) mass is 397 g/mol. The highest BCUT2D eigenvalue weighted by Gasteiger charge is 2.49. The van der Waals surface area contributed by atoms with Crippen molar-refractivity contribution in [3.05, 3.63) is 69.9 Å². The number of amides is 1. The number of halogens is 1. The Morgan fingerprint density at radius 2 is 2.00 bits per heavy atom. The molecule has 6 heteroatoms. The first-order valence-corrected chi connectivity index (χ1v) is 10.4. The van der Waals surface area contributed by atoms with Crippen LogP contribution >= 0.6 is 0 Å². The van der Waals surface area contributed by atoms with Crippen LogP contribution in [0.1, 0.15) is 41.7 Å². The van der Waals surface area contributed by atoms with Crippen LogP contribution in [0.2, 0.25) is 0 Å². The van der Waals surface area contributed by atoms with Crippen LogP contribution in [0.3, 0.4) is 0 Å². The molecule has 0 radical (unpaired) electrons. The molecule has 0 spiro atoms. The summed E-state index contributed by atoms with van der Waals surface area (Å²) < 4.78 is 15.4. The molecule has 2 aromatic rings. The largest absolute Gasteiger partial charge is 0.331 e. The van der Waals surface area contributed by atoms with Gasteiger partial charge in [-0.15, -0.1) is 0 Å². The third-order valence-electron chi connectivity index (χ3n) is 6.37. The Labute approximate surface area is 170 Å². The molecule has 2 aliphatic rings. The molecule has 0 unspecified atom stereocenters. The number of unbranched alkanes of at least 4 members (excludes halogenated alkanes) is 1. The van der Waals surface area contributed by atoms with Gasteiger partial charge in [-0.2, -0.15) is 0 Å². The lowest BCUT2D eigenvalue weighted by Crippen LogP contribution is -2.36. The van der Waals surface area contributed by atoms with Crippen LogP contribution in [0, 0.1) is 17.7 Å². The summed E-state index contributed by atoms with van der Waals surface area (Å²) >= 11 is 0. The van der Waals surface area contributed by atoms with Gasteiger partial charge in [-0.05, 0) is 42.6 Å². The number of hydrogen-bond donors (Lipinski definition) is 0. The molecule has 2 aliphatic heterocycles.